The minimum atomic E-state index is 0.290. The third kappa shape index (κ3) is 2.96. The van der Waals surface area contributed by atoms with Gasteiger partial charge in [-0.05, 0) is 31.0 Å². The van der Waals surface area contributed by atoms with Crippen molar-refractivity contribution in [3.63, 3.8) is 0 Å². The Morgan fingerprint density at radius 2 is 1.74 bits per heavy atom. The Balaban J connectivity index is 1.85. The van der Waals surface area contributed by atoms with E-state index in [1.807, 2.05) is 12.1 Å². The first-order chi connectivity index (χ1) is 9.43. The van der Waals surface area contributed by atoms with Crippen molar-refractivity contribution < 1.29 is 4.74 Å². The number of hydrogen-bond donors (Lipinski definition) is 1. The molecule has 0 amide bonds. The summed E-state index contributed by atoms with van der Waals surface area (Å²) in [6, 6.07) is 18.7. The summed E-state index contributed by atoms with van der Waals surface area (Å²) in [6.45, 7) is 2.06. The zero-order valence-corrected chi connectivity index (χ0v) is 11.0. The van der Waals surface area contributed by atoms with E-state index in [4.69, 9.17) is 4.74 Å². The van der Waals surface area contributed by atoms with E-state index in [2.05, 4.69) is 47.8 Å². The first kappa shape index (κ1) is 12.2. The summed E-state index contributed by atoms with van der Waals surface area (Å²) in [7, 11) is 0. The molecule has 1 aliphatic rings. The molecule has 1 saturated heterocycles. The summed E-state index contributed by atoms with van der Waals surface area (Å²) in [4.78, 5) is 0. The molecular weight excluding hydrogens is 234 g/mol. The molecule has 1 N–H and O–H groups in total. The number of rotatable bonds is 3. The van der Waals surface area contributed by atoms with Crippen LogP contribution in [0.4, 0.5) is 0 Å². The van der Waals surface area contributed by atoms with Crippen molar-refractivity contribution >= 4 is 0 Å². The highest BCUT2D eigenvalue weighted by molar-refractivity contribution is 5.70. The second kappa shape index (κ2) is 5.89. The first-order valence-electron chi connectivity index (χ1n) is 6.95. The molecule has 1 heterocycles. The summed E-state index contributed by atoms with van der Waals surface area (Å²) >= 11 is 0. The largest absolute Gasteiger partial charge is 0.488 e. The highest BCUT2D eigenvalue weighted by Gasteiger charge is 2.16. The maximum absolute atomic E-state index is 6.18. The van der Waals surface area contributed by atoms with Gasteiger partial charge in [-0.1, -0.05) is 48.5 Å². The quantitative estimate of drug-likeness (QED) is 0.904. The monoisotopic (exact) mass is 253 g/mol. The van der Waals surface area contributed by atoms with Crippen molar-refractivity contribution in [2.24, 2.45) is 0 Å². The van der Waals surface area contributed by atoms with Gasteiger partial charge in [-0.2, -0.15) is 0 Å². The van der Waals surface area contributed by atoms with Crippen molar-refractivity contribution in [1.29, 1.82) is 0 Å². The fourth-order valence-corrected chi connectivity index (χ4v) is 2.53. The van der Waals surface area contributed by atoms with Gasteiger partial charge in [-0.15, -0.1) is 0 Å². The van der Waals surface area contributed by atoms with Gasteiger partial charge in [-0.25, -0.2) is 0 Å². The Morgan fingerprint density at radius 1 is 0.947 bits per heavy atom. The summed E-state index contributed by atoms with van der Waals surface area (Å²) in [5, 5.41) is 3.39. The van der Waals surface area contributed by atoms with Gasteiger partial charge in [0.25, 0.3) is 0 Å². The van der Waals surface area contributed by atoms with Crippen molar-refractivity contribution in [2.45, 2.75) is 18.9 Å². The Hall–Kier alpha value is -1.80. The number of ether oxygens (including phenoxy) is 1. The molecule has 3 rings (SSSR count). The van der Waals surface area contributed by atoms with Gasteiger partial charge in [0.05, 0.1) is 0 Å². The van der Waals surface area contributed by atoms with Crippen molar-refractivity contribution in [1.82, 2.24) is 5.32 Å². The molecular formula is C17H19NO. The zero-order chi connectivity index (χ0) is 12.9. The van der Waals surface area contributed by atoms with Gasteiger partial charge < -0.3 is 10.1 Å². The molecule has 0 aromatic heterocycles. The van der Waals surface area contributed by atoms with E-state index in [0.717, 1.165) is 25.3 Å². The molecule has 0 saturated carbocycles. The molecule has 0 aliphatic carbocycles. The molecule has 2 nitrogen and oxygen atoms in total. The van der Waals surface area contributed by atoms with Gasteiger partial charge in [0.1, 0.15) is 11.9 Å². The minimum Gasteiger partial charge on any atom is -0.488 e. The maximum Gasteiger partial charge on any atom is 0.127 e. The highest BCUT2D eigenvalue weighted by Crippen LogP contribution is 2.30. The van der Waals surface area contributed by atoms with Crippen LogP contribution in [0, 0.1) is 0 Å². The van der Waals surface area contributed by atoms with Gasteiger partial charge in [-0.3, -0.25) is 0 Å². The van der Waals surface area contributed by atoms with Crippen LogP contribution in [0.15, 0.2) is 54.6 Å². The Labute approximate surface area is 114 Å². The van der Waals surface area contributed by atoms with Gasteiger partial charge in [0.15, 0.2) is 0 Å². The van der Waals surface area contributed by atoms with E-state index < -0.39 is 0 Å². The SMILES string of the molecule is c1ccc(-c2ccccc2O[C@@H]2CCCNC2)cc1. The Bertz CT molecular complexity index is 518. The average molecular weight is 253 g/mol. The lowest BCUT2D eigenvalue weighted by Gasteiger charge is -2.25. The number of benzene rings is 2. The fraction of sp³-hybridized carbons (Fsp3) is 0.294. The number of piperidine rings is 1. The molecule has 1 aliphatic heterocycles. The predicted octanol–water partition coefficient (Wildman–Crippen LogP) is 3.48. The van der Waals surface area contributed by atoms with Crippen molar-refractivity contribution in [3.8, 4) is 16.9 Å². The summed E-state index contributed by atoms with van der Waals surface area (Å²) < 4.78 is 6.18. The van der Waals surface area contributed by atoms with E-state index in [0.29, 0.717) is 6.10 Å². The van der Waals surface area contributed by atoms with Gasteiger partial charge >= 0.3 is 0 Å². The van der Waals surface area contributed by atoms with E-state index in [9.17, 15) is 0 Å². The second-order valence-electron chi connectivity index (χ2n) is 4.95. The molecule has 2 aromatic rings. The lowest BCUT2D eigenvalue weighted by molar-refractivity contribution is 0.168. The molecule has 0 spiro atoms. The fourth-order valence-electron chi connectivity index (χ4n) is 2.53. The highest BCUT2D eigenvalue weighted by atomic mass is 16.5. The number of para-hydroxylation sites is 1. The molecule has 19 heavy (non-hydrogen) atoms. The maximum atomic E-state index is 6.18. The molecule has 0 bridgehead atoms. The van der Waals surface area contributed by atoms with E-state index in [-0.39, 0.29) is 0 Å². The number of nitrogens with one attached hydrogen (secondary N) is 1. The molecule has 1 atom stereocenters. The van der Waals surface area contributed by atoms with Crippen LogP contribution in [-0.2, 0) is 0 Å². The first-order valence-corrected chi connectivity index (χ1v) is 6.95. The van der Waals surface area contributed by atoms with Crippen molar-refractivity contribution in [3.05, 3.63) is 54.6 Å². The average Bonchev–Trinajstić information content (AvgIpc) is 2.50. The minimum absolute atomic E-state index is 0.290. The third-order valence-corrected chi connectivity index (χ3v) is 3.52. The van der Waals surface area contributed by atoms with Crippen molar-refractivity contribution in [2.75, 3.05) is 13.1 Å². The third-order valence-electron chi connectivity index (χ3n) is 3.52. The van der Waals surface area contributed by atoms with E-state index in [1.165, 1.54) is 17.5 Å². The molecule has 2 aromatic carbocycles. The standard InChI is InChI=1S/C17H19NO/c1-2-7-14(8-3-1)16-10-4-5-11-17(16)19-15-9-6-12-18-13-15/h1-5,7-8,10-11,15,18H,6,9,12-13H2/t15-/m1/s1. The lowest BCUT2D eigenvalue weighted by Crippen LogP contribution is -2.37. The zero-order valence-electron chi connectivity index (χ0n) is 11.0. The van der Waals surface area contributed by atoms with E-state index in [1.54, 1.807) is 0 Å². The van der Waals surface area contributed by atoms with Crippen LogP contribution in [0.2, 0.25) is 0 Å². The summed E-state index contributed by atoms with van der Waals surface area (Å²) in [5.74, 6) is 0.988. The Morgan fingerprint density at radius 3 is 2.53 bits per heavy atom. The van der Waals surface area contributed by atoms with E-state index >= 15 is 0 Å². The van der Waals surface area contributed by atoms with Crippen LogP contribution in [0.1, 0.15) is 12.8 Å². The Kier molecular flexibility index (Phi) is 3.80. The lowest BCUT2D eigenvalue weighted by atomic mass is 10.0. The van der Waals surface area contributed by atoms with Crippen LogP contribution in [0.5, 0.6) is 5.75 Å². The topological polar surface area (TPSA) is 21.3 Å². The van der Waals surface area contributed by atoms with Crippen LogP contribution in [-0.4, -0.2) is 19.2 Å². The molecule has 1 fully saturated rings. The van der Waals surface area contributed by atoms with Crippen LogP contribution in [0.25, 0.3) is 11.1 Å². The summed E-state index contributed by atoms with van der Waals surface area (Å²) in [6.07, 6.45) is 2.62. The van der Waals surface area contributed by atoms with Crippen LogP contribution < -0.4 is 10.1 Å². The molecule has 0 radical (unpaired) electrons. The van der Waals surface area contributed by atoms with Crippen LogP contribution >= 0.6 is 0 Å². The van der Waals surface area contributed by atoms with Gasteiger partial charge in [0, 0.05) is 12.1 Å². The van der Waals surface area contributed by atoms with Gasteiger partial charge in [0.2, 0.25) is 0 Å². The smallest absolute Gasteiger partial charge is 0.127 e. The second-order valence-corrected chi connectivity index (χ2v) is 4.95. The normalized spacial score (nSPS) is 19.1. The summed E-state index contributed by atoms with van der Waals surface area (Å²) in [5.41, 5.74) is 2.38. The predicted molar refractivity (Wildman–Crippen MR) is 78.4 cm³/mol. The molecule has 0 unspecified atom stereocenters. The molecule has 98 valence electrons. The number of hydrogen-bond acceptors (Lipinski definition) is 2. The van der Waals surface area contributed by atoms with Crippen LogP contribution in [0.3, 0.4) is 0 Å². The molecule has 2 heteroatoms.